The Labute approximate surface area is 233 Å². The molecule has 0 spiro atoms. The molecule has 2 aromatic heterocycles. The van der Waals surface area contributed by atoms with Crippen LogP contribution >= 0.6 is 11.3 Å². The molecule has 0 bridgehead atoms. The first kappa shape index (κ1) is 29.6. The normalized spacial score (nSPS) is 11.2. The minimum absolute atomic E-state index is 0.206. The van der Waals surface area contributed by atoms with Crippen LogP contribution in [0, 0.1) is 6.92 Å². The number of anilines is 3. The molecule has 0 unspecified atom stereocenters. The van der Waals surface area contributed by atoms with Crippen LogP contribution in [0.4, 0.5) is 26.7 Å². The third-order valence-electron chi connectivity index (χ3n) is 5.35. The highest BCUT2D eigenvalue weighted by atomic mass is 32.1. The van der Waals surface area contributed by atoms with E-state index in [-0.39, 0.29) is 11.7 Å². The summed E-state index contributed by atoms with van der Waals surface area (Å²) in [6.45, 7) is 8.82. The number of thiophene rings is 1. The number of likely N-dealkylation sites (N-methyl/N-ethyl adjacent to an activating group) is 1. The summed E-state index contributed by atoms with van der Waals surface area (Å²) in [5.74, 6) is -0.422. The molecule has 0 saturated carbocycles. The van der Waals surface area contributed by atoms with Crippen molar-refractivity contribution in [3.63, 3.8) is 0 Å². The Hall–Kier alpha value is -3.96. The molecule has 2 heterocycles. The van der Waals surface area contributed by atoms with Crippen LogP contribution in [0.2, 0.25) is 0 Å². The Balaban J connectivity index is 1.64. The number of hydrogen-bond donors (Lipinski definition) is 3. The Kier molecular flexibility index (Phi) is 10.0. The molecule has 0 aliphatic carbocycles. The average Bonchev–Trinajstić information content (AvgIpc) is 3.26. The lowest BCUT2D eigenvalue weighted by Crippen LogP contribution is -2.39. The predicted molar refractivity (Wildman–Crippen MR) is 156 cm³/mol. The number of amides is 4. The molecule has 0 saturated heterocycles. The number of ether oxygens (including phenoxy) is 1. The Morgan fingerprint density at radius 3 is 2.31 bits per heavy atom. The maximum Gasteiger partial charge on any atom is 0.412 e. The van der Waals surface area contributed by atoms with Crippen molar-refractivity contribution in [2.75, 3.05) is 43.1 Å². The SMILES string of the molecule is Cc1cccc(NC(=O)N(CCN(C)C)Cc2ccc(C(=O)Nc3cscc3NC(=O)OC(C)(C)C)nc2)c1. The molecule has 208 valence electrons. The summed E-state index contributed by atoms with van der Waals surface area (Å²) in [4.78, 5) is 46.0. The van der Waals surface area contributed by atoms with E-state index in [9.17, 15) is 14.4 Å². The predicted octanol–water partition coefficient (Wildman–Crippen LogP) is 5.65. The minimum Gasteiger partial charge on any atom is -0.444 e. The molecule has 0 aliphatic heterocycles. The highest BCUT2D eigenvalue weighted by molar-refractivity contribution is 7.09. The van der Waals surface area contributed by atoms with Crippen LogP contribution in [0.1, 0.15) is 42.4 Å². The molecule has 10 nitrogen and oxygen atoms in total. The third kappa shape index (κ3) is 9.69. The van der Waals surface area contributed by atoms with Gasteiger partial charge in [-0.1, -0.05) is 18.2 Å². The number of carbonyl (C=O) groups is 3. The maximum absolute atomic E-state index is 13.1. The van der Waals surface area contributed by atoms with Gasteiger partial charge in [-0.15, -0.1) is 11.3 Å². The second-order valence-corrected chi connectivity index (χ2v) is 11.1. The fourth-order valence-electron chi connectivity index (χ4n) is 3.46. The number of benzene rings is 1. The fourth-order valence-corrected chi connectivity index (χ4v) is 4.17. The summed E-state index contributed by atoms with van der Waals surface area (Å²) in [6, 6.07) is 10.8. The summed E-state index contributed by atoms with van der Waals surface area (Å²) < 4.78 is 5.28. The van der Waals surface area contributed by atoms with Gasteiger partial charge in [-0.05, 0) is 71.1 Å². The van der Waals surface area contributed by atoms with Crippen LogP contribution in [0.25, 0.3) is 0 Å². The Morgan fingerprint density at radius 2 is 1.69 bits per heavy atom. The van der Waals surface area contributed by atoms with Gasteiger partial charge in [0.25, 0.3) is 5.91 Å². The van der Waals surface area contributed by atoms with Gasteiger partial charge in [0.15, 0.2) is 0 Å². The Bertz CT molecular complexity index is 1280. The molecule has 0 radical (unpaired) electrons. The molecule has 3 aromatic rings. The van der Waals surface area contributed by atoms with Crippen LogP contribution in [-0.4, -0.2) is 65.6 Å². The highest BCUT2D eigenvalue weighted by Crippen LogP contribution is 2.27. The summed E-state index contributed by atoms with van der Waals surface area (Å²) in [5, 5.41) is 11.8. The standard InChI is InChI=1S/C28H36N6O4S/c1-19-8-7-9-21(14-19)30-26(36)34(13-12-33(5)6)16-20-10-11-22(29-15-20)25(35)31-23-17-39-18-24(23)32-27(37)38-28(2,3)4/h7-11,14-15,17-18H,12-13,16H2,1-6H3,(H,30,36)(H,31,35)(H,32,37). The van der Waals surface area contributed by atoms with E-state index in [1.54, 1.807) is 54.8 Å². The highest BCUT2D eigenvalue weighted by Gasteiger charge is 2.19. The summed E-state index contributed by atoms with van der Waals surface area (Å²) >= 11 is 1.33. The fraction of sp³-hybridized carbons (Fsp3) is 0.357. The summed E-state index contributed by atoms with van der Waals surface area (Å²) in [7, 11) is 3.90. The lowest BCUT2D eigenvalue weighted by molar-refractivity contribution is 0.0635. The van der Waals surface area contributed by atoms with E-state index in [0.717, 1.165) is 16.8 Å². The third-order valence-corrected chi connectivity index (χ3v) is 6.09. The molecule has 1 aromatic carbocycles. The van der Waals surface area contributed by atoms with Crippen molar-refractivity contribution in [1.29, 1.82) is 0 Å². The average molecular weight is 553 g/mol. The van der Waals surface area contributed by atoms with Gasteiger partial charge in [-0.25, -0.2) is 9.59 Å². The van der Waals surface area contributed by atoms with Crippen molar-refractivity contribution in [2.45, 2.75) is 39.8 Å². The molecule has 0 atom stereocenters. The zero-order chi connectivity index (χ0) is 28.6. The van der Waals surface area contributed by atoms with Crippen molar-refractivity contribution in [3.05, 3.63) is 70.2 Å². The number of nitrogens with zero attached hydrogens (tertiary/aromatic N) is 3. The van der Waals surface area contributed by atoms with Crippen molar-refractivity contribution < 1.29 is 19.1 Å². The van der Waals surface area contributed by atoms with Crippen molar-refractivity contribution in [3.8, 4) is 0 Å². The smallest absolute Gasteiger partial charge is 0.412 e. The van der Waals surface area contributed by atoms with E-state index in [1.165, 1.54) is 11.3 Å². The largest absolute Gasteiger partial charge is 0.444 e. The Morgan fingerprint density at radius 1 is 0.974 bits per heavy atom. The minimum atomic E-state index is -0.640. The van der Waals surface area contributed by atoms with Gasteiger partial charge in [-0.3, -0.25) is 15.1 Å². The van der Waals surface area contributed by atoms with Crippen LogP contribution in [0.3, 0.4) is 0 Å². The second-order valence-electron chi connectivity index (χ2n) is 10.4. The number of urea groups is 1. The number of carbonyl (C=O) groups excluding carboxylic acids is 3. The lowest BCUT2D eigenvalue weighted by atomic mass is 10.2. The number of aromatic nitrogens is 1. The first-order chi connectivity index (χ1) is 18.4. The van der Waals surface area contributed by atoms with Gasteiger partial charge in [0.05, 0.1) is 11.4 Å². The van der Waals surface area contributed by atoms with Crippen LogP contribution in [0.5, 0.6) is 0 Å². The monoisotopic (exact) mass is 552 g/mol. The zero-order valence-corrected chi connectivity index (χ0v) is 24.0. The van der Waals surface area contributed by atoms with E-state index >= 15 is 0 Å². The number of rotatable bonds is 9. The molecular weight excluding hydrogens is 516 g/mol. The summed E-state index contributed by atoms with van der Waals surface area (Å²) in [5.41, 5.74) is 3.03. The van der Waals surface area contributed by atoms with Gasteiger partial charge < -0.3 is 25.2 Å². The van der Waals surface area contributed by atoms with Gasteiger partial charge >= 0.3 is 12.1 Å². The van der Waals surface area contributed by atoms with Crippen molar-refractivity contribution in [1.82, 2.24) is 14.8 Å². The first-order valence-electron chi connectivity index (χ1n) is 12.5. The number of hydrogen-bond acceptors (Lipinski definition) is 7. The van der Waals surface area contributed by atoms with Gasteiger partial charge in [-0.2, -0.15) is 0 Å². The first-order valence-corrected chi connectivity index (χ1v) is 13.4. The molecule has 3 rings (SSSR count). The van der Waals surface area contributed by atoms with E-state index < -0.39 is 17.6 Å². The summed E-state index contributed by atoms with van der Waals surface area (Å²) in [6.07, 6.45) is 0.981. The topological polar surface area (TPSA) is 116 Å². The maximum atomic E-state index is 13.1. The van der Waals surface area contributed by atoms with Gasteiger partial charge in [0, 0.05) is 42.3 Å². The number of pyridine rings is 1. The van der Waals surface area contributed by atoms with E-state index in [2.05, 4.69) is 20.9 Å². The van der Waals surface area contributed by atoms with E-state index in [0.29, 0.717) is 31.0 Å². The van der Waals surface area contributed by atoms with Crippen molar-refractivity contribution in [2.24, 2.45) is 0 Å². The van der Waals surface area contributed by atoms with Gasteiger partial charge in [0.2, 0.25) is 0 Å². The van der Waals surface area contributed by atoms with E-state index in [1.807, 2.05) is 50.2 Å². The van der Waals surface area contributed by atoms with Gasteiger partial charge in [0.1, 0.15) is 11.3 Å². The molecule has 0 fully saturated rings. The van der Waals surface area contributed by atoms with Crippen LogP contribution < -0.4 is 16.0 Å². The zero-order valence-electron chi connectivity index (χ0n) is 23.2. The quantitative estimate of drug-likeness (QED) is 0.316. The van der Waals surface area contributed by atoms with Crippen molar-refractivity contribution >= 4 is 46.4 Å². The molecule has 39 heavy (non-hydrogen) atoms. The van der Waals surface area contributed by atoms with Crippen LogP contribution in [-0.2, 0) is 11.3 Å². The molecule has 0 aliphatic rings. The molecule has 3 N–H and O–H groups in total. The number of aryl methyl sites for hydroxylation is 1. The molecule has 11 heteroatoms. The second kappa shape index (κ2) is 13.2. The molecule has 4 amide bonds. The van der Waals surface area contributed by atoms with E-state index in [4.69, 9.17) is 4.74 Å². The molecular formula is C28H36N6O4S. The van der Waals surface area contributed by atoms with Crippen LogP contribution in [0.15, 0.2) is 53.4 Å². The number of nitrogens with one attached hydrogen (secondary N) is 3. The lowest BCUT2D eigenvalue weighted by Gasteiger charge is -2.25.